The van der Waals surface area contributed by atoms with Crippen LogP contribution in [0.2, 0.25) is 0 Å². The molecule has 66 heavy (non-hydrogen) atoms. The lowest BCUT2D eigenvalue weighted by atomic mass is 9.86. The maximum atomic E-state index is 13.5. The van der Waals surface area contributed by atoms with Crippen molar-refractivity contribution in [1.82, 2.24) is 25.5 Å². The van der Waals surface area contributed by atoms with Crippen LogP contribution in [-0.2, 0) is 73.1 Å². The fourth-order valence-electron chi connectivity index (χ4n) is 7.22. The molecule has 22 heteroatoms. The maximum Gasteiger partial charge on any atom is 0.514 e. The van der Waals surface area contributed by atoms with Crippen molar-refractivity contribution in [2.45, 2.75) is 83.2 Å². The average molecular weight is 916 g/mol. The third-order valence-corrected chi connectivity index (χ3v) is 10.8. The van der Waals surface area contributed by atoms with Gasteiger partial charge in [-0.05, 0) is 68.3 Å². The van der Waals surface area contributed by atoms with Crippen LogP contribution in [0.1, 0.15) is 55.9 Å². The molecule has 22 nitrogen and oxygen atoms in total. The topological polar surface area (TPSA) is 315 Å². The van der Waals surface area contributed by atoms with Crippen LogP contribution in [0.15, 0.2) is 59.4 Å². The van der Waals surface area contributed by atoms with Crippen LogP contribution >= 0.6 is 0 Å². The van der Waals surface area contributed by atoms with Gasteiger partial charge in [0.25, 0.3) is 5.56 Å². The summed E-state index contributed by atoms with van der Waals surface area (Å²) in [5, 5.41) is 31.6. The lowest BCUT2D eigenvalue weighted by Crippen LogP contribution is -2.59. The first kappa shape index (κ1) is 48.2. The van der Waals surface area contributed by atoms with E-state index in [0.29, 0.717) is 33.4 Å². The number of aliphatic hydroxyl groups excluding tert-OH is 1. The second-order valence-corrected chi connectivity index (χ2v) is 15.6. The van der Waals surface area contributed by atoms with E-state index < -0.39 is 83.5 Å². The zero-order chi connectivity index (χ0) is 47.9. The maximum absolute atomic E-state index is 13.5. The fraction of sp³-hybridized carbons (Fsp3) is 0.386. The van der Waals surface area contributed by atoms with Gasteiger partial charge in [-0.1, -0.05) is 19.1 Å². The summed E-state index contributed by atoms with van der Waals surface area (Å²) in [7, 11) is 1.46. The Hall–Kier alpha value is -7.27. The molecule has 5 amide bonds. The summed E-state index contributed by atoms with van der Waals surface area (Å²) in [6.07, 6.45) is -3.12. The monoisotopic (exact) mass is 915 g/mol. The highest BCUT2D eigenvalue weighted by molar-refractivity contribution is 6.01. The van der Waals surface area contributed by atoms with Crippen LogP contribution in [0.4, 0.5) is 10.5 Å². The number of amides is 5. The number of nitrogens with zero attached hydrogens (tertiary/aromatic N) is 2. The number of methoxy groups -OCH3 is 1. The first-order valence-corrected chi connectivity index (χ1v) is 20.7. The van der Waals surface area contributed by atoms with Gasteiger partial charge < -0.3 is 65.5 Å². The Morgan fingerprint density at radius 1 is 0.955 bits per heavy atom. The van der Waals surface area contributed by atoms with Gasteiger partial charge in [0, 0.05) is 29.3 Å². The molecule has 0 saturated carbocycles. The molecule has 2 aromatic carbocycles. The number of hydrogen-bond acceptors (Lipinski definition) is 16. The smallest absolute Gasteiger partial charge is 0.458 e. The Labute approximate surface area is 376 Å². The number of aromatic nitrogens is 2. The lowest BCUT2D eigenvalue weighted by molar-refractivity contribution is -0.172. The first-order valence-electron chi connectivity index (χ1n) is 20.7. The van der Waals surface area contributed by atoms with Gasteiger partial charge in [-0.3, -0.25) is 28.8 Å². The Morgan fingerprint density at radius 2 is 1.70 bits per heavy atom. The predicted molar refractivity (Wildman–Crippen MR) is 230 cm³/mol. The second-order valence-electron chi connectivity index (χ2n) is 15.6. The molecule has 1 unspecified atom stereocenters. The van der Waals surface area contributed by atoms with E-state index in [4.69, 9.17) is 34.4 Å². The van der Waals surface area contributed by atoms with Crippen molar-refractivity contribution in [2.75, 3.05) is 32.2 Å². The van der Waals surface area contributed by atoms with Crippen LogP contribution in [0.25, 0.3) is 22.3 Å². The number of esters is 1. The molecule has 4 heterocycles. The number of pyridine rings is 2. The summed E-state index contributed by atoms with van der Waals surface area (Å²) in [5.74, 6) is -4.93. The normalized spacial score (nSPS) is 16.5. The standard InChI is InChI=1S/C44H49N7O15/c1-5-44(61)30-16-33-37-26(18-51(33)41(58)29(30)20-64-42(44)59)14-25-15-28(10-11-31(25)48-37)66-43(60)65-19-24-6-8-27(9-7-24)47-39(56)32(17-34(45)53)49-40(57)36(23(3)52)50-38(55)22(2)46-35(54)21-63-13-12-62-4/h6-11,14-16,22-23,32,36,52,61H,5,12-13,17-21H2,1-4H3,(H2,45,53)(H,46,54)(H,47,56)(H,49,57)(H,50,55)/t22-,23?,32-,36-,44-/m0/s1. The summed E-state index contributed by atoms with van der Waals surface area (Å²) >= 11 is 0. The summed E-state index contributed by atoms with van der Waals surface area (Å²) in [4.78, 5) is 107. The summed E-state index contributed by atoms with van der Waals surface area (Å²) in [6, 6.07) is 9.88. The molecule has 8 N–H and O–H groups in total. The highest BCUT2D eigenvalue weighted by atomic mass is 16.7. The molecule has 0 radical (unpaired) electrons. The number of aliphatic hydroxyl groups is 2. The highest BCUT2D eigenvalue weighted by Gasteiger charge is 2.45. The number of carbonyl (C=O) groups excluding carboxylic acids is 7. The minimum Gasteiger partial charge on any atom is -0.458 e. The first-order chi connectivity index (χ1) is 31.4. The van der Waals surface area contributed by atoms with Gasteiger partial charge in [0.1, 0.15) is 43.7 Å². The number of benzene rings is 2. The quantitative estimate of drug-likeness (QED) is 0.0329. The molecule has 2 aliphatic heterocycles. The number of anilines is 1. The van der Waals surface area contributed by atoms with Gasteiger partial charge >= 0.3 is 12.1 Å². The van der Waals surface area contributed by atoms with E-state index in [1.165, 1.54) is 55.9 Å². The molecule has 6 rings (SSSR count). The minimum atomic E-state index is -1.95. The van der Waals surface area contributed by atoms with Crippen molar-refractivity contribution >= 4 is 58.3 Å². The zero-order valence-electron chi connectivity index (χ0n) is 36.3. The number of carbonyl (C=O) groups is 7. The fourth-order valence-corrected chi connectivity index (χ4v) is 7.22. The van der Waals surface area contributed by atoms with Crippen LogP contribution < -0.4 is 37.3 Å². The van der Waals surface area contributed by atoms with Crippen LogP contribution in [0, 0.1) is 0 Å². The number of hydrogen-bond donors (Lipinski definition) is 7. The summed E-state index contributed by atoms with van der Waals surface area (Å²) in [6.45, 7) is 3.95. The Kier molecular flexibility index (Phi) is 15.1. The number of fused-ring (bicyclic) bond motifs is 5. The number of cyclic esters (lactones) is 1. The molecule has 0 spiro atoms. The van der Waals surface area contributed by atoms with E-state index in [1.54, 1.807) is 25.1 Å². The van der Waals surface area contributed by atoms with Crippen molar-refractivity contribution in [3.63, 3.8) is 0 Å². The second kappa shape index (κ2) is 20.7. The highest BCUT2D eigenvalue weighted by Crippen LogP contribution is 2.39. The largest absolute Gasteiger partial charge is 0.514 e. The van der Waals surface area contributed by atoms with Crippen LogP contribution in [-0.4, -0.2) is 113 Å². The number of primary amides is 1. The van der Waals surface area contributed by atoms with Gasteiger partial charge in [-0.25, -0.2) is 14.6 Å². The molecule has 4 aromatic rings. The zero-order valence-corrected chi connectivity index (χ0v) is 36.3. The van der Waals surface area contributed by atoms with Gasteiger partial charge in [0.05, 0.1) is 54.8 Å². The third kappa shape index (κ3) is 11.0. The molecule has 2 aromatic heterocycles. The molecule has 0 saturated heterocycles. The van der Waals surface area contributed by atoms with Crippen molar-refractivity contribution < 1.29 is 67.5 Å². The number of ether oxygens (including phenoxy) is 5. The lowest BCUT2D eigenvalue weighted by Gasteiger charge is -2.31. The molecule has 350 valence electrons. The van der Waals surface area contributed by atoms with E-state index in [2.05, 4.69) is 21.3 Å². The van der Waals surface area contributed by atoms with Gasteiger partial charge in [0.15, 0.2) is 5.60 Å². The molecule has 2 aliphatic rings. The molecule has 0 aliphatic carbocycles. The molecular formula is C44H49N7O15. The number of nitrogens with two attached hydrogens (primary N) is 1. The van der Waals surface area contributed by atoms with Crippen molar-refractivity contribution in [1.29, 1.82) is 0 Å². The van der Waals surface area contributed by atoms with Gasteiger partial charge in [-0.2, -0.15) is 0 Å². The van der Waals surface area contributed by atoms with E-state index in [0.717, 1.165) is 0 Å². The van der Waals surface area contributed by atoms with Crippen molar-refractivity contribution in [3.05, 3.63) is 87.2 Å². The third-order valence-electron chi connectivity index (χ3n) is 10.8. The molecule has 0 bridgehead atoms. The van der Waals surface area contributed by atoms with Crippen molar-refractivity contribution in [3.8, 4) is 17.1 Å². The SMILES string of the molecule is CC[C@@]1(O)C(=O)OCc2c1cc1n(c2=O)Cc2cc3cc(OC(=O)OCc4ccc(NC(=O)[C@H](CC(N)=O)NC(=O)[C@@H](NC(=O)[C@H](C)NC(=O)COCCOC)C(C)O)cc4)ccc3nc2-1. The van der Waals surface area contributed by atoms with Crippen molar-refractivity contribution in [2.24, 2.45) is 5.73 Å². The summed E-state index contributed by atoms with van der Waals surface area (Å²) in [5.41, 5.74) is 6.32. The van der Waals surface area contributed by atoms with Crippen LogP contribution in [0.3, 0.4) is 0 Å². The van der Waals surface area contributed by atoms with E-state index in [-0.39, 0.29) is 68.6 Å². The van der Waals surface area contributed by atoms with Crippen LogP contribution in [0.5, 0.6) is 5.75 Å². The minimum absolute atomic E-state index is 0.0161. The average Bonchev–Trinajstić information content (AvgIpc) is 3.64. The van der Waals surface area contributed by atoms with E-state index in [9.17, 15) is 48.6 Å². The Bertz CT molecular complexity index is 2620. The summed E-state index contributed by atoms with van der Waals surface area (Å²) < 4.78 is 27.3. The van der Waals surface area contributed by atoms with Gasteiger partial charge in [0.2, 0.25) is 29.5 Å². The number of rotatable bonds is 19. The Balaban J connectivity index is 1.02. The number of nitrogens with one attached hydrogen (secondary N) is 4. The van der Waals surface area contributed by atoms with Gasteiger partial charge in [-0.15, -0.1) is 0 Å². The molecule has 0 fully saturated rings. The Morgan fingerprint density at radius 3 is 2.38 bits per heavy atom. The van der Waals surface area contributed by atoms with E-state index in [1.807, 2.05) is 6.07 Å². The predicted octanol–water partition coefficient (Wildman–Crippen LogP) is 0.127. The molecular weight excluding hydrogens is 867 g/mol. The van der Waals surface area contributed by atoms with E-state index >= 15 is 0 Å². The molecule has 5 atom stereocenters.